The highest BCUT2D eigenvalue weighted by atomic mass is 16.5. The third kappa shape index (κ3) is 3.14. The van der Waals surface area contributed by atoms with Gasteiger partial charge in [0.25, 0.3) is 0 Å². The van der Waals surface area contributed by atoms with Crippen LogP contribution in [0.5, 0.6) is 5.75 Å². The van der Waals surface area contributed by atoms with Gasteiger partial charge < -0.3 is 9.64 Å². The van der Waals surface area contributed by atoms with Crippen molar-refractivity contribution in [2.45, 2.75) is 38.4 Å². The van der Waals surface area contributed by atoms with Crippen molar-refractivity contribution < 1.29 is 9.53 Å². The number of hydrazine groups is 1. The maximum Gasteiger partial charge on any atom is 0.241 e. The number of para-hydroxylation sites is 1. The first-order valence-corrected chi connectivity index (χ1v) is 9.90. The van der Waals surface area contributed by atoms with Crippen molar-refractivity contribution in [2.75, 3.05) is 13.7 Å². The molecule has 1 amide bonds. The fraction of sp³-hybridized carbons (Fsp3) is 0.381. The van der Waals surface area contributed by atoms with E-state index in [4.69, 9.17) is 4.74 Å². The summed E-state index contributed by atoms with van der Waals surface area (Å²) in [7, 11) is 1.67. The molecule has 0 radical (unpaired) electrons. The minimum absolute atomic E-state index is 0.0329. The normalized spacial score (nSPS) is 21.4. The number of nitrogens with zero attached hydrogens (tertiary/aromatic N) is 4. The number of methoxy groups -OCH3 is 1. The van der Waals surface area contributed by atoms with Gasteiger partial charge in [-0.25, -0.2) is 20.4 Å². The highest BCUT2D eigenvalue weighted by Crippen LogP contribution is 2.31. The molecule has 4 heterocycles. The van der Waals surface area contributed by atoms with Crippen molar-refractivity contribution in [1.29, 1.82) is 0 Å². The Morgan fingerprint density at radius 1 is 1.28 bits per heavy atom. The third-order valence-electron chi connectivity index (χ3n) is 5.80. The lowest BCUT2D eigenvalue weighted by Gasteiger charge is -2.30. The third-order valence-corrected chi connectivity index (χ3v) is 5.80. The molecule has 8 heteroatoms. The van der Waals surface area contributed by atoms with Gasteiger partial charge in [-0.05, 0) is 19.4 Å². The average molecular weight is 392 g/mol. The lowest BCUT2D eigenvalue weighted by Crippen LogP contribution is -2.47. The predicted octanol–water partition coefficient (Wildman–Crippen LogP) is 1.54. The molecule has 0 spiro atoms. The summed E-state index contributed by atoms with van der Waals surface area (Å²) in [6, 6.07) is 9.65. The van der Waals surface area contributed by atoms with Crippen LogP contribution in [0.1, 0.15) is 35.0 Å². The van der Waals surface area contributed by atoms with Crippen LogP contribution >= 0.6 is 0 Å². The molecule has 1 aromatic carbocycles. The first-order chi connectivity index (χ1) is 14.1. The number of benzene rings is 1. The monoisotopic (exact) mass is 392 g/mol. The van der Waals surface area contributed by atoms with Gasteiger partial charge in [0, 0.05) is 42.9 Å². The maximum atomic E-state index is 13.2. The van der Waals surface area contributed by atoms with Gasteiger partial charge >= 0.3 is 0 Å². The number of amides is 1. The zero-order valence-corrected chi connectivity index (χ0v) is 16.6. The molecule has 2 N–H and O–H groups in total. The molecule has 2 aliphatic heterocycles. The Morgan fingerprint density at radius 3 is 3.00 bits per heavy atom. The summed E-state index contributed by atoms with van der Waals surface area (Å²) >= 11 is 0. The van der Waals surface area contributed by atoms with E-state index in [2.05, 4.69) is 20.9 Å². The van der Waals surface area contributed by atoms with Crippen molar-refractivity contribution >= 4 is 11.6 Å². The smallest absolute Gasteiger partial charge is 0.241 e. The molecule has 2 atom stereocenters. The molecular weight excluding hydrogens is 368 g/mol. The van der Waals surface area contributed by atoms with E-state index >= 15 is 0 Å². The first-order valence-electron chi connectivity index (χ1n) is 9.90. The summed E-state index contributed by atoms with van der Waals surface area (Å²) < 4.78 is 7.38. The van der Waals surface area contributed by atoms with Crippen LogP contribution in [0.25, 0.3) is 5.65 Å². The summed E-state index contributed by atoms with van der Waals surface area (Å²) in [6.45, 7) is 3.21. The fourth-order valence-electron chi connectivity index (χ4n) is 4.34. The number of hydrogen-bond donors (Lipinski definition) is 2. The van der Waals surface area contributed by atoms with Gasteiger partial charge in [-0.2, -0.15) is 5.10 Å². The van der Waals surface area contributed by atoms with Crippen LogP contribution in [-0.2, 0) is 17.8 Å². The van der Waals surface area contributed by atoms with Gasteiger partial charge in [-0.1, -0.05) is 18.2 Å². The van der Waals surface area contributed by atoms with E-state index in [0.29, 0.717) is 19.5 Å². The van der Waals surface area contributed by atoms with Crippen LogP contribution in [0.2, 0.25) is 0 Å². The molecule has 8 nitrogen and oxygen atoms in total. The number of nitrogens with one attached hydrogen (secondary N) is 2. The number of aromatic nitrogens is 3. The van der Waals surface area contributed by atoms with Gasteiger partial charge in [0.2, 0.25) is 5.91 Å². The number of carbonyl (C=O) groups is 1. The van der Waals surface area contributed by atoms with Crippen molar-refractivity contribution in [2.24, 2.45) is 0 Å². The molecule has 2 aliphatic rings. The fourth-order valence-corrected chi connectivity index (χ4v) is 4.34. The number of carbonyl (C=O) groups excluding carboxylic acids is 1. The van der Waals surface area contributed by atoms with Crippen molar-refractivity contribution in [3.05, 3.63) is 59.0 Å². The number of fused-ring (bicyclic) bond motifs is 3. The molecule has 2 unspecified atom stereocenters. The number of aryl methyl sites for hydroxylation is 1. The van der Waals surface area contributed by atoms with E-state index in [1.165, 1.54) is 0 Å². The second-order valence-corrected chi connectivity index (χ2v) is 7.67. The molecule has 0 saturated carbocycles. The van der Waals surface area contributed by atoms with Crippen LogP contribution in [0.4, 0.5) is 0 Å². The summed E-state index contributed by atoms with van der Waals surface area (Å²) in [5.41, 5.74) is 11.5. The van der Waals surface area contributed by atoms with E-state index in [-0.39, 0.29) is 18.0 Å². The minimum Gasteiger partial charge on any atom is -0.496 e. The number of hydrogen-bond acceptors (Lipinski definition) is 6. The molecular formula is C21H24N6O2. The van der Waals surface area contributed by atoms with Crippen LogP contribution in [0.15, 0.2) is 36.5 Å². The summed E-state index contributed by atoms with van der Waals surface area (Å²) in [6.07, 6.45) is 3.33. The Kier molecular flexibility index (Phi) is 4.44. The minimum atomic E-state index is -0.268. The largest absolute Gasteiger partial charge is 0.496 e. The highest BCUT2D eigenvalue weighted by molar-refractivity contribution is 5.82. The van der Waals surface area contributed by atoms with Crippen LogP contribution in [-0.4, -0.2) is 45.1 Å². The maximum absolute atomic E-state index is 13.2. The summed E-state index contributed by atoms with van der Waals surface area (Å²) in [4.78, 5) is 19.6. The van der Waals surface area contributed by atoms with Gasteiger partial charge in [0.15, 0.2) is 5.65 Å². The van der Waals surface area contributed by atoms with E-state index in [0.717, 1.165) is 40.3 Å². The van der Waals surface area contributed by atoms with E-state index < -0.39 is 0 Å². The predicted molar refractivity (Wildman–Crippen MR) is 107 cm³/mol. The molecule has 1 saturated heterocycles. The molecule has 150 valence electrons. The molecule has 29 heavy (non-hydrogen) atoms. The molecule has 0 bridgehead atoms. The Morgan fingerprint density at radius 2 is 2.14 bits per heavy atom. The molecule has 1 fully saturated rings. The number of ether oxygens (including phenoxy) is 1. The Labute approximate surface area is 168 Å². The Hall–Kier alpha value is -2.97. The van der Waals surface area contributed by atoms with Crippen LogP contribution < -0.4 is 15.6 Å². The first kappa shape index (κ1) is 18.1. The topological polar surface area (TPSA) is 83.8 Å². The Balaban J connectivity index is 1.31. The zero-order valence-electron chi connectivity index (χ0n) is 16.6. The van der Waals surface area contributed by atoms with Crippen molar-refractivity contribution in [1.82, 2.24) is 30.3 Å². The lowest BCUT2D eigenvalue weighted by atomic mass is 9.99. The molecule has 5 rings (SSSR count). The summed E-state index contributed by atoms with van der Waals surface area (Å²) in [5.74, 6) is 0.939. The van der Waals surface area contributed by atoms with Crippen molar-refractivity contribution in [3.8, 4) is 5.75 Å². The van der Waals surface area contributed by atoms with Gasteiger partial charge in [0.1, 0.15) is 11.8 Å². The van der Waals surface area contributed by atoms with Crippen LogP contribution in [0, 0.1) is 6.92 Å². The van der Waals surface area contributed by atoms with E-state index in [1.54, 1.807) is 7.11 Å². The van der Waals surface area contributed by atoms with Gasteiger partial charge in [-0.3, -0.25) is 4.79 Å². The highest BCUT2D eigenvalue weighted by Gasteiger charge is 2.35. The SMILES string of the molecule is COc1ccccc1C1CC(C(=O)N2CCc3c(cnc4cc(C)nn34)C2)NN1. The van der Waals surface area contributed by atoms with Crippen molar-refractivity contribution in [3.63, 3.8) is 0 Å². The van der Waals surface area contributed by atoms with Crippen LogP contribution in [0.3, 0.4) is 0 Å². The van der Waals surface area contributed by atoms with Gasteiger partial charge in [-0.15, -0.1) is 0 Å². The second-order valence-electron chi connectivity index (χ2n) is 7.67. The molecule has 3 aromatic rings. The quantitative estimate of drug-likeness (QED) is 0.704. The van der Waals surface area contributed by atoms with Gasteiger partial charge in [0.05, 0.1) is 24.5 Å². The second kappa shape index (κ2) is 7.13. The average Bonchev–Trinajstić information content (AvgIpc) is 3.39. The Bertz CT molecular complexity index is 1080. The number of rotatable bonds is 3. The zero-order chi connectivity index (χ0) is 20.0. The summed E-state index contributed by atoms with van der Waals surface area (Å²) in [5, 5.41) is 4.55. The van der Waals surface area contributed by atoms with E-state index in [9.17, 15) is 4.79 Å². The lowest BCUT2D eigenvalue weighted by molar-refractivity contribution is -0.134. The molecule has 2 aromatic heterocycles. The standard InChI is InChI=1S/C21H24N6O2/c1-13-9-20-22-11-14-12-26(8-7-18(14)27(20)25-13)21(28)17-10-16(23-24-17)15-5-3-4-6-19(15)29-2/h3-6,9,11,16-17,23-24H,7-8,10,12H2,1-2H3. The van der Waals surface area contributed by atoms with E-state index in [1.807, 2.05) is 52.9 Å². The molecule has 0 aliphatic carbocycles.